The average Bonchev–Trinajstić information content (AvgIpc) is 2.95. The number of aryl methyl sites for hydroxylation is 1. The molecule has 0 aliphatic heterocycles. The van der Waals surface area contributed by atoms with Crippen LogP contribution in [0.2, 0.25) is 5.02 Å². The molecule has 0 saturated heterocycles. The van der Waals surface area contributed by atoms with Crippen molar-refractivity contribution in [3.05, 3.63) is 88.9 Å². The van der Waals surface area contributed by atoms with Gasteiger partial charge >= 0.3 is 0 Å². The van der Waals surface area contributed by atoms with E-state index in [4.69, 9.17) is 16.3 Å². The van der Waals surface area contributed by atoms with E-state index in [0.717, 1.165) is 21.9 Å². The lowest BCUT2D eigenvalue weighted by Crippen LogP contribution is -2.52. The Hall–Kier alpha value is -3.56. The molecule has 10 heteroatoms. The molecule has 0 heterocycles. The standard InChI is InChI=1S/C30H36ClN3O5S/c1-5-19-32-30(36)28(6-2)33(20-23-9-11-24(31)12-10-23)29(35)21-34(25-13-15-26(39-4)16-14-25)40(37,38)27-17-7-22(3)8-18-27/h7-18,28H,5-6,19-21H2,1-4H3,(H,32,36). The van der Waals surface area contributed by atoms with Gasteiger partial charge in [0, 0.05) is 18.1 Å². The average molecular weight is 586 g/mol. The number of sulfonamides is 1. The third-order valence-corrected chi connectivity index (χ3v) is 8.49. The molecule has 0 radical (unpaired) electrons. The van der Waals surface area contributed by atoms with Gasteiger partial charge < -0.3 is 15.0 Å². The highest BCUT2D eigenvalue weighted by Crippen LogP contribution is 2.27. The Kier molecular flexibility index (Phi) is 11.0. The van der Waals surface area contributed by atoms with Crippen molar-refractivity contribution in [2.45, 2.75) is 51.1 Å². The zero-order valence-electron chi connectivity index (χ0n) is 23.3. The molecule has 214 valence electrons. The van der Waals surface area contributed by atoms with Gasteiger partial charge in [0.15, 0.2) is 0 Å². The molecular formula is C30H36ClN3O5S. The van der Waals surface area contributed by atoms with Gasteiger partial charge in [-0.15, -0.1) is 0 Å². The summed E-state index contributed by atoms with van der Waals surface area (Å²) in [7, 11) is -2.62. The maximum atomic E-state index is 14.0. The summed E-state index contributed by atoms with van der Waals surface area (Å²) in [6.45, 7) is 5.70. The second kappa shape index (κ2) is 14.2. The van der Waals surface area contributed by atoms with Gasteiger partial charge in [-0.05, 0) is 73.9 Å². The van der Waals surface area contributed by atoms with Crippen molar-refractivity contribution >= 4 is 39.1 Å². The van der Waals surface area contributed by atoms with E-state index in [9.17, 15) is 18.0 Å². The SMILES string of the molecule is CCCNC(=O)C(CC)N(Cc1ccc(Cl)cc1)C(=O)CN(c1ccc(OC)cc1)S(=O)(=O)c1ccc(C)cc1. The lowest BCUT2D eigenvalue weighted by Gasteiger charge is -2.33. The van der Waals surface area contributed by atoms with Crippen LogP contribution in [-0.4, -0.2) is 51.4 Å². The molecule has 0 bridgehead atoms. The van der Waals surface area contributed by atoms with Crippen LogP contribution in [-0.2, 0) is 26.2 Å². The summed E-state index contributed by atoms with van der Waals surface area (Å²) in [6.07, 6.45) is 1.09. The monoisotopic (exact) mass is 585 g/mol. The summed E-state index contributed by atoms with van der Waals surface area (Å²) in [5.74, 6) is -0.255. The van der Waals surface area contributed by atoms with E-state index in [2.05, 4.69) is 5.32 Å². The summed E-state index contributed by atoms with van der Waals surface area (Å²) in [5, 5.41) is 3.42. The Morgan fingerprint density at radius 2 is 1.57 bits per heavy atom. The van der Waals surface area contributed by atoms with Gasteiger partial charge in [-0.3, -0.25) is 13.9 Å². The number of amides is 2. The molecule has 2 amide bonds. The molecule has 0 aliphatic rings. The number of rotatable bonds is 13. The van der Waals surface area contributed by atoms with E-state index in [0.29, 0.717) is 29.4 Å². The van der Waals surface area contributed by atoms with Gasteiger partial charge in [0.05, 0.1) is 17.7 Å². The van der Waals surface area contributed by atoms with E-state index in [1.165, 1.54) is 24.1 Å². The fraction of sp³-hybridized carbons (Fsp3) is 0.333. The minimum atomic E-state index is -4.14. The van der Waals surface area contributed by atoms with Gasteiger partial charge in [0.2, 0.25) is 11.8 Å². The highest BCUT2D eigenvalue weighted by molar-refractivity contribution is 7.92. The number of benzene rings is 3. The van der Waals surface area contributed by atoms with Gasteiger partial charge in [-0.25, -0.2) is 8.42 Å². The maximum absolute atomic E-state index is 14.0. The molecule has 40 heavy (non-hydrogen) atoms. The van der Waals surface area contributed by atoms with E-state index in [-0.39, 0.29) is 17.3 Å². The van der Waals surface area contributed by atoms with Crippen LogP contribution >= 0.6 is 11.6 Å². The van der Waals surface area contributed by atoms with Crippen LogP contribution in [0.5, 0.6) is 5.75 Å². The van der Waals surface area contributed by atoms with Crippen molar-refractivity contribution in [1.29, 1.82) is 0 Å². The normalized spacial score (nSPS) is 11.9. The zero-order valence-corrected chi connectivity index (χ0v) is 24.8. The summed E-state index contributed by atoms with van der Waals surface area (Å²) in [6, 6.07) is 19.1. The Morgan fingerprint density at radius 3 is 2.12 bits per heavy atom. The van der Waals surface area contributed by atoms with Crippen molar-refractivity contribution < 1.29 is 22.7 Å². The van der Waals surface area contributed by atoms with Crippen molar-refractivity contribution in [3.63, 3.8) is 0 Å². The summed E-state index contributed by atoms with van der Waals surface area (Å²) in [4.78, 5) is 28.6. The topological polar surface area (TPSA) is 96.0 Å². The predicted molar refractivity (Wildman–Crippen MR) is 158 cm³/mol. The molecule has 1 N–H and O–H groups in total. The van der Waals surface area contributed by atoms with Gasteiger partial charge in [0.1, 0.15) is 18.3 Å². The third kappa shape index (κ3) is 7.76. The van der Waals surface area contributed by atoms with E-state index in [1.807, 2.05) is 20.8 Å². The first kappa shape index (κ1) is 31.0. The van der Waals surface area contributed by atoms with Crippen molar-refractivity contribution in [2.24, 2.45) is 0 Å². The zero-order chi connectivity index (χ0) is 29.3. The van der Waals surface area contributed by atoms with Crippen molar-refractivity contribution in [1.82, 2.24) is 10.2 Å². The number of methoxy groups -OCH3 is 1. The highest BCUT2D eigenvalue weighted by Gasteiger charge is 2.33. The molecule has 1 unspecified atom stereocenters. The highest BCUT2D eigenvalue weighted by atomic mass is 35.5. The summed E-state index contributed by atoms with van der Waals surface area (Å²) >= 11 is 6.06. The van der Waals surface area contributed by atoms with Crippen LogP contribution in [0.25, 0.3) is 0 Å². The van der Waals surface area contributed by atoms with Crippen molar-refractivity contribution in [2.75, 3.05) is 24.5 Å². The van der Waals surface area contributed by atoms with E-state index >= 15 is 0 Å². The lowest BCUT2D eigenvalue weighted by molar-refractivity contribution is -0.140. The van der Waals surface area contributed by atoms with E-state index < -0.39 is 28.5 Å². The van der Waals surface area contributed by atoms with Gasteiger partial charge in [-0.2, -0.15) is 0 Å². The fourth-order valence-corrected chi connectivity index (χ4v) is 5.73. The van der Waals surface area contributed by atoms with Gasteiger partial charge in [-0.1, -0.05) is 55.3 Å². The largest absolute Gasteiger partial charge is 0.497 e. The van der Waals surface area contributed by atoms with Crippen LogP contribution in [0.15, 0.2) is 77.7 Å². The fourth-order valence-electron chi connectivity index (χ4n) is 4.19. The number of carbonyl (C=O) groups excluding carboxylic acids is 2. The molecule has 1 atom stereocenters. The molecule has 0 fully saturated rings. The second-order valence-electron chi connectivity index (χ2n) is 9.39. The quantitative estimate of drug-likeness (QED) is 0.298. The Morgan fingerprint density at radius 1 is 0.950 bits per heavy atom. The van der Waals surface area contributed by atoms with Crippen LogP contribution in [0.3, 0.4) is 0 Å². The molecule has 0 saturated carbocycles. The van der Waals surface area contributed by atoms with E-state index in [1.54, 1.807) is 60.7 Å². The number of anilines is 1. The first-order valence-electron chi connectivity index (χ1n) is 13.2. The van der Waals surface area contributed by atoms with Crippen molar-refractivity contribution in [3.8, 4) is 5.75 Å². The molecule has 3 aromatic carbocycles. The first-order chi connectivity index (χ1) is 19.1. The summed E-state index contributed by atoms with van der Waals surface area (Å²) in [5.41, 5.74) is 1.96. The number of nitrogens with zero attached hydrogens (tertiary/aromatic N) is 2. The minimum Gasteiger partial charge on any atom is -0.497 e. The number of nitrogens with one attached hydrogen (secondary N) is 1. The Labute approximate surface area is 241 Å². The minimum absolute atomic E-state index is 0.0544. The number of hydrogen-bond acceptors (Lipinski definition) is 5. The van der Waals surface area contributed by atoms with Crippen LogP contribution < -0.4 is 14.4 Å². The lowest BCUT2D eigenvalue weighted by atomic mass is 10.1. The number of ether oxygens (including phenoxy) is 1. The van der Waals surface area contributed by atoms with Crippen LogP contribution in [0.1, 0.15) is 37.8 Å². The predicted octanol–water partition coefficient (Wildman–Crippen LogP) is 5.19. The molecule has 3 rings (SSSR count). The van der Waals surface area contributed by atoms with Gasteiger partial charge in [0.25, 0.3) is 10.0 Å². The number of hydrogen-bond donors (Lipinski definition) is 1. The number of carbonyl (C=O) groups is 2. The summed E-state index contributed by atoms with van der Waals surface area (Å²) < 4.78 is 34.1. The maximum Gasteiger partial charge on any atom is 0.264 e. The molecule has 0 aromatic heterocycles. The molecule has 0 spiro atoms. The molecule has 8 nitrogen and oxygen atoms in total. The van der Waals surface area contributed by atoms with Crippen LogP contribution in [0, 0.1) is 6.92 Å². The first-order valence-corrected chi connectivity index (χ1v) is 15.0. The Balaban J connectivity index is 2.04. The number of halogens is 1. The Bertz CT molecular complexity index is 1380. The molecule has 0 aliphatic carbocycles. The van der Waals surface area contributed by atoms with Crippen LogP contribution in [0.4, 0.5) is 5.69 Å². The second-order valence-corrected chi connectivity index (χ2v) is 11.7. The molecular weight excluding hydrogens is 550 g/mol. The third-order valence-electron chi connectivity index (χ3n) is 6.45. The molecule has 3 aromatic rings. The smallest absolute Gasteiger partial charge is 0.264 e.